The second-order valence-electron chi connectivity index (χ2n) is 5.10. The molecular weight excluding hydrogens is 371 g/mol. The quantitative estimate of drug-likeness (QED) is 0.332. The summed E-state index contributed by atoms with van der Waals surface area (Å²) in [7, 11) is 0. The first kappa shape index (κ1) is 23.1. The van der Waals surface area contributed by atoms with Crippen LogP contribution in [0.1, 0.15) is 25.0 Å². The van der Waals surface area contributed by atoms with Crippen molar-refractivity contribution in [2.45, 2.75) is 37.8 Å². The Morgan fingerprint density at radius 3 is 2.64 bits per heavy atom. The minimum atomic E-state index is -1.42. The zero-order valence-corrected chi connectivity index (χ0v) is 14.7. The number of imidazole rings is 1. The van der Waals surface area contributed by atoms with Gasteiger partial charge in [-0.1, -0.05) is 18.2 Å². The van der Waals surface area contributed by atoms with E-state index in [-0.39, 0.29) is 29.9 Å². The van der Waals surface area contributed by atoms with Crippen LogP contribution in [0.15, 0.2) is 12.5 Å². The van der Waals surface area contributed by atoms with Crippen molar-refractivity contribution in [3.05, 3.63) is 29.3 Å². The fraction of sp³-hybridized carbons (Fsp3) is 0.571. The number of rotatable bonds is 11. The Morgan fingerprint density at radius 2 is 2.12 bits per heavy atom. The number of nitrogens with one attached hydrogen (secondary N) is 2. The van der Waals surface area contributed by atoms with E-state index in [0.717, 1.165) is 0 Å². The average Bonchev–Trinajstić information content (AvgIpc) is 3.06. The summed E-state index contributed by atoms with van der Waals surface area (Å²) in [6.45, 7) is -0.184. The van der Waals surface area contributed by atoms with Crippen molar-refractivity contribution in [1.29, 1.82) is 0 Å². The molecule has 4 N–H and O–H groups in total. The van der Waals surface area contributed by atoms with E-state index in [9.17, 15) is 19.5 Å². The molecule has 0 aliphatic carbocycles. The van der Waals surface area contributed by atoms with Crippen LogP contribution in [0.5, 0.6) is 0 Å². The third kappa shape index (κ3) is 8.64. The standard InChI is InChI=1S/C14H23N6O4.Mn/c15-4-2-1-3-10(14(23)24)20-13(22)11(19-12(21)6-16)5-9-7-17-8-18-9;/h7-8,10-11,16H,1-6,15H2,(H4,17,18,19,20,21,22,23,24);/q-1;+2/p-3/t10-,11-;/m0./s1. The minimum absolute atomic E-state index is 0. The zero-order chi connectivity index (χ0) is 17.9. The number of amides is 2. The first-order chi connectivity index (χ1) is 11.5. The summed E-state index contributed by atoms with van der Waals surface area (Å²) in [6, 6.07) is -2.37. The predicted molar refractivity (Wildman–Crippen MR) is 82.4 cm³/mol. The van der Waals surface area contributed by atoms with Gasteiger partial charge in [-0.05, 0) is 38.3 Å². The molecule has 0 saturated carbocycles. The summed E-state index contributed by atoms with van der Waals surface area (Å²) in [5.74, 6) is -2.93. The van der Waals surface area contributed by atoms with E-state index in [0.29, 0.717) is 25.1 Å². The molecule has 0 unspecified atom stereocenters. The summed E-state index contributed by atoms with van der Waals surface area (Å²) in [4.78, 5) is 42.4. The Hall–Kier alpha value is -1.94. The fourth-order valence-corrected chi connectivity index (χ4v) is 1.99. The van der Waals surface area contributed by atoms with Gasteiger partial charge in [-0.3, -0.25) is 4.79 Å². The number of carbonyl (C=O) groups excluding carboxylic acids is 3. The maximum Gasteiger partial charge on any atom is 2.00 e. The molecule has 1 heterocycles. The van der Waals surface area contributed by atoms with Crippen LogP contribution >= 0.6 is 0 Å². The molecule has 0 aromatic carbocycles. The fourth-order valence-electron chi connectivity index (χ4n) is 1.99. The molecule has 1 radical (unpaired) electrons. The molecule has 2 amide bonds. The summed E-state index contributed by atoms with van der Waals surface area (Å²) in [5, 5.41) is 17.1. The van der Waals surface area contributed by atoms with E-state index < -0.39 is 36.4 Å². The van der Waals surface area contributed by atoms with E-state index in [1.165, 1.54) is 12.5 Å². The molecule has 11 heteroatoms. The maximum absolute atomic E-state index is 12.3. The van der Waals surface area contributed by atoms with Crippen molar-refractivity contribution in [2.75, 3.05) is 13.1 Å². The second-order valence-corrected chi connectivity index (χ2v) is 5.10. The number of nitrogens with zero attached hydrogens (tertiary/aromatic N) is 3. The van der Waals surface area contributed by atoms with Gasteiger partial charge in [-0.15, -0.1) is 6.54 Å². The Balaban J connectivity index is 0.00000576. The van der Waals surface area contributed by atoms with Crippen LogP contribution in [-0.2, 0) is 37.9 Å². The largest absolute Gasteiger partial charge is 2.00 e. The predicted octanol–water partition coefficient (Wildman–Crippen LogP) is -1.74. The van der Waals surface area contributed by atoms with E-state index in [2.05, 4.69) is 20.6 Å². The summed E-state index contributed by atoms with van der Waals surface area (Å²) in [6.07, 6.45) is 3.98. The molecule has 0 fully saturated rings. The van der Waals surface area contributed by atoms with Crippen molar-refractivity contribution in [2.24, 2.45) is 5.73 Å². The average molecular weight is 391 g/mol. The number of carboxylic acids is 1. The first-order valence-electron chi connectivity index (χ1n) is 7.49. The van der Waals surface area contributed by atoms with Crippen molar-refractivity contribution in [3.63, 3.8) is 0 Å². The summed E-state index contributed by atoms with van der Waals surface area (Å²) in [5.41, 5.74) is 12.8. The van der Waals surface area contributed by atoms with Gasteiger partial charge in [0, 0.05) is 5.91 Å². The molecule has 0 saturated heterocycles. The van der Waals surface area contributed by atoms with Crippen LogP contribution in [-0.4, -0.2) is 47.9 Å². The number of carboxylic acid groups (broad SMARTS) is 1. The van der Waals surface area contributed by atoms with E-state index in [1.807, 2.05) is 0 Å². The van der Waals surface area contributed by atoms with Crippen molar-refractivity contribution in [1.82, 2.24) is 15.3 Å². The summed E-state index contributed by atoms with van der Waals surface area (Å²) >= 11 is 0. The van der Waals surface area contributed by atoms with E-state index in [4.69, 9.17) is 11.5 Å². The van der Waals surface area contributed by atoms with Crippen molar-refractivity contribution < 1.29 is 36.6 Å². The third-order valence-corrected chi connectivity index (χ3v) is 3.22. The second kappa shape index (κ2) is 12.4. The Kier molecular flexibility index (Phi) is 11.5. The molecule has 10 nitrogen and oxygen atoms in total. The molecule has 0 spiro atoms. The zero-order valence-electron chi connectivity index (χ0n) is 13.5. The molecular formula is C14H20MnN6O4-2. The van der Waals surface area contributed by atoms with Gasteiger partial charge in [0.1, 0.15) is 0 Å². The normalized spacial score (nSPS) is 12.6. The van der Waals surface area contributed by atoms with E-state index >= 15 is 0 Å². The van der Waals surface area contributed by atoms with Crippen LogP contribution in [0.3, 0.4) is 0 Å². The Bertz CT molecular complexity index is 539. The van der Waals surface area contributed by atoms with Crippen LogP contribution < -0.4 is 21.1 Å². The van der Waals surface area contributed by atoms with Crippen LogP contribution in [0.4, 0.5) is 0 Å². The van der Waals surface area contributed by atoms with Gasteiger partial charge in [-0.25, -0.2) is 0 Å². The topological polar surface area (TPSA) is 177 Å². The molecule has 139 valence electrons. The van der Waals surface area contributed by atoms with Crippen LogP contribution in [0.25, 0.3) is 11.1 Å². The smallest absolute Gasteiger partial charge is 0.673 e. The number of carbonyl (C=O) groups is 3. The monoisotopic (exact) mass is 391 g/mol. The molecule has 1 aromatic heterocycles. The van der Waals surface area contributed by atoms with Gasteiger partial charge < -0.3 is 46.8 Å². The number of unbranched alkanes of at least 4 members (excludes halogenated alkanes) is 1. The Labute approximate surface area is 156 Å². The molecule has 0 bridgehead atoms. The summed E-state index contributed by atoms with van der Waals surface area (Å²) < 4.78 is 0. The molecule has 1 aromatic rings. The van der Waals surface area contributed by atoms with Crippen LogP contribution in [0, 0.1) is 0 Å². The molecule has 25 heavy (non-hydrogen) atoms. The van der Waals surface area contributed by atoms with E-state index in [1.54, 1.807) is 0 Å². The Morgan fingerprint density at radius 1 is 1.40 bits per heavy atom. The van der Waals surface area contributed by atoms with Gasteiger partial charge in [0.25, 0.3) is 0 Å². The van der Waals surface area contributed by atoms with Gasteiger partial charge in [0.15, 0.2) is 0 Å². The van der Waals surface area contributed by atoms with Gasteiger partial charge in [0.2, 0.25) is 5.91 Å². The minimum Gasteiger partial charge on any atom is -0.673 e. The number of hydrogen-bond acceptors (Lipinski definition) is 6. The number of aliphatic carboxylic acids is 1. The number of aromatic nitrogens is 2. The third-order valence-electron chi connectivity index (χ3n) is 3.22. The van der Waals surface area contributed by atoms with Gasteiger partial charge in [-0.2, -0.15) is 0 Å². The van der Waals surface area contributed by atoms with Gasteiger partial charge >= 0.3 is 17.1 Å². The maximum atomic E-state index is 12.3. The number of nitrogens with two attached hydrogens (primary N) is 1. The number of hydrogen-bond donors (Lipinski definition) is 2. The molecule has 0 aliphatic heterocycles. The molecule has 2 atom stereocenters. The van der Waals surface area contributed by atoms with Crippen LogP contribution in [0.2, 0.25) is 0 Å². The van der Waals surface area contributed by atoms with Crippen molar-refractivity contribution >= 4 is 17.8 Å². The SMILES string of the molecule is [Mn+2].[NH-]CC(=O)[N-][C@@H](Cc1cnc[n-]1)C(=O)N[C@@H](CCCCN)C(=O)[O-]. The van der Waals surface area contributed by atoms with Crippen molar-refractivity contribution in [3.8, 4) is 0 Å². The van der Waals surface area contributed by atoms with Gasteiger partial charge in [0.05, 0.1) is 12.0 Å². The molecule has 0 aliphatic rings. The molecule has 1 rings (SSSR count). The first-order valence-corrected chi connectivity index (χ1v) is 7.49.